The van der Waals surface area contributed by atoms with Gasteiger partial charge in [0, 0.05) is 13.1 Å². The first kappa shape index (κ1) is 24.1. The van der Waals surface area contributed by atoms with E-state index in [4.69, 9.17) is 10.5 Å². The summed E-state index contributed by atoms with van der Waals surface area (Å²) >= 11 is 0. The van der Waals surface area contributed by atoms with E-state index in [0.717, 1.165) is 11.3 Å². The number of nitrogen functional groups attached to an aromatic ring is 1. The summed E-state index contributed by atoms with van der Waals surface area (Å²) in [5.74, 6) is 6.94. The molecule has 1 atom stereocenters. The van der Waals surface area contributed by atoms with Crippen LogP contribution in [0.25, 0.3) is 16.9 Å². The number of carbonyl (C=O) groups excluding carboxylic acids is 1. The zero-order chi connectivity index (χ0) is 26.1. The van der Waals surface area contributed by atoms with Crippen LogP contribution < -0.4 is 16.2 Å². The number of benzene rings is 2. The van der Waals surface area contributed by atoms with Gasteiger partial charge in [-0.25, -0.2) is 14.8 Å². The summed E-state index contributed by atoms with van der Waals surface area (Å²) < 4.78 is 9.29. The number of ether oxygens (including phenoxy) is 1. The Morgan fingerprint density at radius 2 is 1.89 bits per heavy atom. The number of likely N-dealkylation sites (tertiary alicyclic amines) is 1. The minimum absolute atomic E-state index is 0.204. The zero-order valence-electron chi connectivity index (χ0n) is 21.0. The molecule has 4 aromatic rings. The van der Waals surface area contributed by atoms with Gasteiger partial charge < -0.3 is 15.4 Å². The monoisotopic (exact) mass is 496 g/mol. The fraction of sp³-hybridized carbons (Fsp3) is 0.286. The summed E-state index contributed by atoms with van der Waals surface area (Å²) in [6.07, 6.45) is 1.96. The topological polar surface area (TPSA) is 108 Å². The molecule has 0 saturated carbocycles. The number of para-hydroxylation sites is 1. The van der Waals surface area contributed by atoms with Crippen molar-refractivity contribution in [2.45, 2.75) is 39.2 Å². The molecule has 0 aliphatic carbocycles. The molecule has 2 aromatic heterocycles. The maximum Gasteiger partial charge on any atom is 0.335 e. The molecule has 0 spiro atoms. The summed E-state index contributed by atoms with van der Waals surface area (Å²) in [6.45, 7) is 6.76. The number of aromatic nitrogens is 4. The van der Waals surface area contributed by atoms with Gasteiger partial charge in [-0.15, -0.1) is 0 Å². The molecule has 3 heterocycles. The Morgan fingerprint density at radius 1 is 1.14 bits per heavy atom. The number of imidazole rings is 1. The number of hydrogen-bond acceptors (Lipinski definition) is 6. The highest BCUT2D eigenvalue weighted by atomic mass is 16.5. The second-order valence-electron chi connectivity index (χ2n) is 9.28. The summed E-state index contributed by atoms with van der Waals surface area (Å²) in [5, 5.41) is 0. The number of anilines is 1. The van der Waals surface area contributed by atoms with Crippen LogP contribution in [0.3, 0.4) is 0 Å². The van der Waals surface area contributed by atoms with E-state index >= 15 is 0 Å². The van der Waals surface area contributed by atoms with Crippen LogP contribution in [0.2, 0.25) is 0 Å². The van der Waals surface area contributed by atoms with E-state index in [-0.39, 0.29) is 23.5 Å². The SMILES string of the molecule is CC#CC(=O)N1CCC(n2c(=O)n(-c3ccc(Oc4ccccc4C(C)C)cc3)c3c(N)ncnc32)C1. The third-order valence-electron chi connectivity index (χ3n) is 6.59. The van der Waals surface area contributed by atoms with Crippen molar-refractivity contribution < 1.29 is 9.53 Å². The third kappa shape index (κ3) is 4.42. The van der Waals surface area contributed by atoms with Crippen molar-refractivity contribution in [3.8, 4) is 29.0 Å². The summed E-state index contributed by atoms with van der Waals surface area (Å²) in [4.78, 5) is 36.2. The van der Waals surface area contributed by atoms with E-state index in [9.17, 15) is 9.59 Å². The molecule has 1 aliphatic rings. The first-order chi connectivity index (χ1) is 17.9. The molecule has 2 N–H and O–H groups in total. The van der Waals surface area contributed by atoms with E-state index in [2.05, 4.69) is 41.7 Å². The van der Waals surface area contributed by atoms with Gasteiger partial charge in [-0.2, -0.15) is 0 Å². The Morgan fingerprint density at radius 3 is 2.62 bits per heavy atom. The van der Waals surface area contributed by atoms with Crippen molar-refractivity contribution in [1.29, 1.82) is 0 Å². The molecule has 2 aromatic carbocycles. The second-order valence-corrected chi connectivity index (χ2v) is 9.28. The first-order valence-electron chi connectivity index (χ1n) is 12.2. The molecule has 1 fully saturated rings. The summed E-state index contributed by atoms with van der Waals surface area (Å²) in [6, 6.07) is 15.0. The number of amides is 1. The van der Waals surface area contributed by atoms with Crippen molar-refractivity contribution in [1.82, 2.24) is 24.0 Å². The summed E-state index contributed by atoms with van der Waals surface area (Å²) in [7, 11) is 0. The molecule has 37 heavy (non-hydrogen) atoms. The minimum atomic E-state index is -0.290. The van der Waals surface area contributed by atoms with Gasteiger partial charge in [-0.05, 0) is 61.1 Å². The third-order valence-corrected chi connectivity index (χ3v) is 6.59. The predicted octanol–water partition coefficient (Wildman–Crippen LogP) is 3.88. The van der Waals surface area contributed by atoms with E-state index < -0.39 is 0 Å². The normalized spacial score (nSPS) is 15.1. The second kappa shape index (κ2) is 9.82. The van der Waals surface area contributed by atoms with Crippen molar-refractivity contribution in [2.75, 3.05) is 18.8 Å². The van der Waals surface area contributed by atoms with Crippen LogP contribution in [0.4, 0.5) is 5.82 Å². The first-order valence-corrected chi connectivity index (χ1v) is 12.2. The van der Waals surface area contributed by atoms with Crippen LogP contribution >= 0.6 is 0 Å². The fourth-order valence-electron chi connectivity index (χ4n) is 4.80. The lowest BCUT2D eigenvalue weighted by atomic mass is 10.0. The molecule has 1 amide bonds. The molecule has 1 unspecified atom stereocenters. The molecule has 1 saturated heterocycles. The Balaban J connectivity index is 1.52. The van der Waals surface area contributed by atoms with Crippen LogP contribution in [0.15, 0.2) is 59.7 Å². The van der Waals surface area contributed by atoms with Gasteiger partial charge in [-0.1, -0.05) is 38.0 Å². The van der Waals surface area contributed by atoms with Crippen LogP contribution in [0.1, 0.15) is 44.7 Å². The lowest BCUT2D eigenvalue weighted by Crippen LogP contribution is -2.31. The number of fused-ring (bicyclic) bond motifs is 1. The number of nitrogens with two attached hydrogens (primary N) is 1. The quantitative estimate of drug-likeness (QED) is 0.420. The minimum Gasteiger partial charge on any atom is -0.457 e. The van der Waals surface area contributed by atoms with Gasteiger partial charge in [0.15, 0.2) is 11.5 Å². The van der Waals surface area contributed by atoms with Crippen molar-refractivity contribution >= 4 is 22.9 Å². The molecule has 5 rings (SSSR count). The van der Waals surface area contributed by atoms with Crippen LogP contribution in [0, 0.1) is 11.8 Å². The average molecular weight is 497 g/mol. The fourth-order valence-corrected chi connectivity index (χ4v) is 4.80. The van der Waals surface area contributed by atoms with E-state index in [1.807, 2.05) is 42.5 Å². The molecule has 9 nitrogen and oxygen atoms in total. The molecule has 188 valence electrons. The van der Waals surface area contributed by atoms with Gasteiger partial charge in [-0.3, -0.25) is 13.9 Å². The van der Waals surface area contributed by atoms with Gasteiger partial charge in [0.1, 0.15) is 23.3 Å². The van der Waals surface area contributed by atoms with Gasteiger partial charge in [0.25, 0.3) is 5.91 Å². The van der Waals surface area contributed by atoms with Crippen molar-refractivity contribution in [2.24, 2.45) is 0 Å². The largest absolute Gasteiger partial charge is 0.457 e. The molecule has 0 radical (unpaired) electrons. The molecule has 9 heteroatoms. The summed E-state index contributed by atoms with van der Waals surface area (Å²) in [5.41, 5.74) is 8.54. The highest BCUT2D eigenvalue weighted by Crippen LogP contribution is 2.32. The van der Waals surface area contributed by atoms with Crippen LogP contribution in [0.5, 0.6) is 11.5 Å². The molecular formula is C28H28N6O3. The van der Waals surface area contributed by atoms with E-state index in [1.165, 1.54) is 10.9 Å². The predicted molar refractivity (Wildman–Crippen MR) is 142 cm³/mol. The Bertz CT molecular complexity index is 1590. The maximum absolute atomic E-state index is 13.8. The van der Waals surface area contributed by atoms with Gasteiger partial charge in [0.05, 0.1) is 11.7 Å². The van der Waals surface area contributed by atoms with E-state index in [1.54, 1.807) is 16.4 Å². The van der Waals surface area contributed by atoms with Crippen molar-refractivity contribution in [3.05, 3.63) is 70.9 Å². The standard InChI is InChI=1S/C28H28N6O3/c1-4-7-24(35)32-15-14-20(16-32)34-27-25(26(29)30-17-31-27)33(28(34)36)19-10-12-21(13-11-19)37-23-9-6-5-8-22(23)18(2)3/h5-6,8-13,17-18,20H,14-16H2,1-3H3,(H2,29,30,31). The van der Waals surface area contributed by atoms with E-state index in [0.29, 0.717) is 48.0 Å². The molecular weight excluding hydrogens is 468 g/mol. The number of rotatable bonds is 5. The number of carbonyl (C=O) groups is 1. The van der Waals surface area contributed by atoms with Crippen LogP contribution in [-0.4, -0.2) is 43.0 Å². The Labute approximate surface area is 214 Å². The Kier molecular flexibility index (Phi) is 6.40. The lowest BCUT2D eigenvalue weighted by molar-refractivity contribution is -0.124. The lowest BCUT2D eigenvalue weighted by Gasteiger charge is -2.14. The number of nitrogens with zero attached hydrogens (tertiary/aromatic N) is 5. The van der Waals surface area contributed by atoms with Gasteiger partial charge in [0.2, 0.25) is 0 Å². The Hall–Kier alpha value is -4.58. The smallest absolute Gasteiger partial charge is 0.335 e. The van der Waals surface area contributed by atoms with Crippen LogP contribution in [-0.2, 0) is 4.79 Å². The maximum atomic E-state index is 13.8. The average Bonchev–Trinajstić information content (AvgIpc) is 3.48. The highest BCUT2D eigenvalue weighted by Gasteiger charge is 2.31. The highest BCUT2D eigenvalue weighted by molar-refractivity contribution is 5.93. The van der Waals surface area contributed by atoms with Gasteiger partial charge >= 0.3 is 5.69 Å². The number of hydrogen-bond donors (Lipinski definition) is 1. The molecule has 0 bridgehead atoms. The molecule has 1 aliphatic heterocycles. The van der Waals surface area contributed by atoms with Crippen molar-refractivity contribution in [3.63, 3.8) is 0 Å². The zero-order valence-corrected chi connectivity index (χ0v) is 21.0.